The molecule has 0 aliphatic carbocycles. The maximum Gasteiger partial charge on any atom is 0.253 e. The number of carbonyl (C=O) groups is 1. The second-order valence-electron chi connectivity index (χ2n) is 3.81. The Bertz CT molecular complexity index is 400. The highest BCUT2D eigenvalue weighted by Crippen LogP contribution is 2.26. The summed E-state index contributed by atoms with van der Waals surface area (Å²) in [6.45, 7) is 1.74. The van der Waals surface area contributed by atoms with Gasteiger partial charge in [-0.1, -0.05) is 0 Å². The van der Waals surface area contributed by atoms with E-state index in [1.807, 2.05) is 24.1 Å². The molecular formula is C12H16N2O2. The van der Waals surface area contributed by atoms with Crippen molar-refractivity contribution >= 4 is 11.6 Å². The van der Waals surface area contributed by atoms with Crippen molar-refractivity contribution in [2.75, 3.05) is 32.6 Å². The van der Waals surface area contributed by atoms with Crippen LogP contribution in [0.25, 0.3) is 0 Å². The van der Waals surface area contributed by atoms with Crippen molar-refractivity contribution in [1.29, 1.82) is 0 Å². The van der Waals surface area contributed by atoms with Crippen molar-refractivity contribution < 1.29 is 9.53 Å². The Hall–Kier alpha value is -1.71. The van der Waals surface area contributed by atoms with Crippen molar-refractivity contribution in [1.82, 2.24) is 4.90 Å². The Morgan fingerprint density at radius 3 is 2.69 bits per heavy atom. The van der Waals surface area contributed by atoms with Crippen molar-refractivity contribution in [3.05, 3.63) is 23.8 Å². The van der Waals surface area contributed by atoms with Crippen molar-refractivity contribution in [3.63, 3.8) is 0 Å². The minimum absolute atomic E-state index is 0.0900. The number of hydrogen-bond donors (Lipinski definition) is 1. The molecular weight excluding hydrogens is 204 g/mol. The van der Waals surface area contributed by atoms with Gasteiger partial charge in [0.15, 0.2) is 0 Å². The summed E-state index contributed by atoms with van der Waals surface area (Å²) in [4.78, 5) is 13.8. The molecule has 4 nitrogen and oxygen atoms in total. The highest BCUT2D eigenvalue weighted by Gasteiger charge is 2.22. The van der Waals surface area contributed by atoms with E-state index in [1.165, 1.54) is 0 Å². The van der Waals surface area contributed by atoms with Crippen molar-refractivity contribution in [3.8, 4) is 5.75 Å². The van der Waals surface area contributed by atoms with Crippen LogP contribution in [0.1, 0.15) is 16.8 Å². The number of likely N-dealkylation sites (tertiary alicyclic amines) is 1. The Balaban J connectivity index is 2.24. The van der Waals surface area contributed by atoms with E-state index in [-0.39, 0.29) is 5.91 Å². The van der Waals surface area contributed by atoms with E-state index in [0.717, 1.165) is 25.2 Å². The molecule has 0 spiro atoms. The van der Waals surface area contributed by atoms with Crippen LogP contribution in [0, 0.1) is 0 Å². The minimum Gasteiger partial charge on any atom is -0.495 e. The molecule has 1 heterocycles. The molecule has 0 bridgehead atoms. The van der Waals surface area contributed by atoms with Gasteiger partial charge in [-0.15, -0.1) is 0 Å². The lowest BCUT2D eigenvalue weighted by atomic mass is 10.1. The molecule has 0 aromatic heterocycles. The second-order valence-corrected chi connectivity index (χ2v) is 3.81. The SMILES string of the molecule is CNc1ccc(C(=O)N2CCC2)cc1OC. The van der Waals surface area contributed by atoms with E-state index in [1.54, 1.807) is 13.2 Å². The van der Waals surface area contributed by atoms with Crippen LogP contribution in [0.5, 0.6) is 5.75 Å². The lowest BCUT2D eigenvalue weighted by molar-refractivity contribution is 0.0651. The van der Waals surface area contributed by atoms with Gasteiger partial charge in [0.05, 0.1) is 12.8 Å². The number of amides is 1. The van der Waals surface area contributed by atoms with Gasteiger partial charge in [0.1, 0.15) is 5.75 Å². The molecule has 0 radical (unpaired) electrons. The van der Waals surface area contributed by atoms with Gasteiger partial charge >= 0.3 is 0 Å². The molecule has 1 aromatic carbocycles. The number of carbonyl (C=O) groups excluding carboxylic acids is 1. The Labute approximate surface area is 95.2 Å². The van der Waals surface area contributed by atoms with Gasteiger partial charge in [-0.2, -0.15) is 0 Å². The number of nitrogens with zero attached hydrogens (tertiary/aromatic N) is 1. The maximum atomic E-state index is 11.9. The van der Waals surface area contributed by atoms with Crippen LogP contribution in [0.4, 0.5) is 5.69 Å². The first kappa shape index (κ1) is 10.8. The van der Waals surface area contributed by atoms with Crippen molar-refractivity contribution in [2.45, 2.75) is 6.42 Å². The molecule has 0 atom stereocenters. The summed E-state index contributed by atoms with van der Waals surface area (Å²) in [6.07, 6.45) is 1.11. The summed E-state index contributed by atoms with van der Waals surface area (Å²) in [5.74, 6) is 0.793. The molecule has 1 amide bonds. The Morgan fingerprint density at radius 2 is 2.19 bits per heavy atom. The largest absolute Gasteiger partial charge is 0.495 e. The standard InChI is InChI=1S/C12H16N2O2/c1-13-10-5-4-9(8-11(10)16-2)12(15)14-6-3-7-14/h4-5,8,13H,3,6-7H2,1-2H3. The van der Waals surface area contributed by atoms with Gasteiger partial charge < -0.3 is 15.0 Å². The molecule has 0 unspecified atom stereocenters. The van der Waals surface area contributed by atoms with E-state index in [0.29, 0.717) is 11.3 Å². The molecule has 0 saturated carbocycles. The summed E-state index contributed by atoms with van der Waals surface area (Å²) in [7, 11) is 3.43. The van der Waals surface area contributed by atoms with Gasteiger partial charge in [-0.25, -0.2) is 0 Å². The fraction of sp³-hybridized carbons (Fsp3) is 0.417. The van der Waals surface area contributed by atoms with Crippen LogP contribution < -0.4 is 10.1 Å². The van der Waals surface area contributed by atoms with Gasteiger partial charge in [-0.05, 0) is 24.6 Å². The highest BCUT2D eigenvalue weighted by molar-refractivity contribution is 5.95. The highest BCUT2D eigenvalue weighted by atomic mass is 16.5. The molecule has 2 rings (SSSR count). The number of anilines is 1. The normalized spacial score (nSPS) is 14.2. The third-order valence-electron chi connectivity index (χ3n) is 2.86. The third kappa shape index (κ3) is 1.83. The Kier molecular flexibility index (Phi) is 2.99. The fourth-order valence-corrected chi connectivity index (χ4v) is 1.73. The average Bonchev–Trinajstić information content (AvgIpc) is 2.25. The minimum atomic E-state index is 0.0900. The van der Waals surface area contributed by atoms with E-state index < -0.39 is 0 Å². The third-order valence-corrected chi connectivity index (χ3v) is 2.86. The lowest BCUT2D eigenvalue weighted by Crippen LogP contribution is -2.42. The summed E-state index contributed by atoms with van der Waals surface area (Å²) < 4.78 is 5.23. The predicted octanol–water partition coefficient (Wildman–Crippen LogP) is 1.58. The zero-order chi connectivity index (χ0) is 11.5. The molecule has 1 N–H and O–H groups in total. The summed E-state index contributed by atoms with van der Waals surface area (Å²) >= 11 is 0. The van der Waals surface area contributed by atoms with E-state index in [2.05, 4.69) is 5.32 Å². The number of nitrogens with one attached hydrogen (secondary N) is 1. The summed E-state index contributed by atoms with van der Waals surface area (Å²) in [5.41, 5.74) is 1.58. The molecule has 1 fully saturated rings. The molecule has 86 valence electrons. The second kappa shape index (κ2) is 4.43. The zero-order valence-corrected chi connectivity index (χ0v) is 9.62. The summed E-state index contributed by atoms with van der Waals surface area (Å²) in [6, 6.07) is 5.48. The number of rotatable bonds is 3. The molecule has 1 aromatic rings. The van der Waals surface area contributed by atoms with Gasteiger partial charge in [0.2, 0.25) is 0 Å². The van der Waals surface area contributed by atoms with Crippen molar-refractivity contribution in [2.24, 2.45) is 0 Å². The van der Waals surface area contributed by atoms with Gasteiger partial charge in [0, 0.05) is 25.7 Å². The molecule has 1 aliphatic rings. The maximum absolute atomic E-state index is 11.9. The zero-order valence-electron chi connectivity index (χ0n) is 9.62. The molecule has 4 heteroatoms. The molecule has 1 aliphatic heterocycles. The topological polar surface area (TPSA) is 41.6 Å². The lowest BCUT2D eigenvalue weighted by Gasteiger charge is -2.31. The van der Waals surface area contributed by atoms with Crippen LogP contribution >= 0.6 is 0 Å². The predicted molar refractivity (Wildman–Crippen MR) is 63.1 cm³/mol. The number of ether oxygens (including phenoxy) is 1. The molecule has 16 heavy (non-hydrogen) atoms. The van der Waals surface area contributed by atoms with Crippen LogP contribution in [0.3, 0.4) is 0 Å². The first-order chi connectivity index (χ1) is 7.76. The fourth-order valence-electron chi connectivity index (χ4n) is 1.73. The summed E-state index contributed by atoms with van der Waals surface area (Å²) in [5, 5.41) is 3.02. The van der Waals surface area contributed by atoms with Gasteiger partial charge in [0.25, 0.3) is 5.91 Å². The van der Waals surface area contributed by atoms with Crippen LogP contribution in [-0.2, 0) is 0 Å². The van der Waals surface area contributed by atoms with Crippen LogP contribution in [0.15, 0.2) is 18.2 Å². The number of benzene rings is 1. The Morgan fingerprint density at radius 1 is 1.44 bits per heavy atom. The monoisotopic (exact) mass is 220 g/mol. The molecule has 1 saturated heterocycles. The van der Waals surface area contributed by atoms with Crippen LogP contribution in [-0.4, -0.2) is 38.1 Å². The average molecular weight is 220 g/mol. The smallest absolute Gasteiger partial charge is 0.253 e. The van der Waals surface area contributed by atoms with Gasteiger partial charge in [-0.3, -0.25) is 4.79 Å². The quantitative estimate of drug-likeness (QED) is 0.841. The van der Waals surface area contributed by atoms with Crippen LogP contribution in [0.2, 0.25) is 0 Å². The van der Waals surface area contributed by atoms with E-state index in [4.69, 9.17) is 4.74 Å². The first-order valence-electron chi connectivity index (χ1n) is 5.41. The van der Waals surface area contributed by atoms with E-state index >= 15 is 0 Å². The first-order valence-corrected chi connectivity index (χ1v) is 5.41. The number of methoxy groups -OCH3 is 1. The number of hydrogen-bond acceptors (Lipinski definition) is 3. The van der Waals surface area contributed by atoms with E-state index in [9.17, 15) is 4.79 Å².